The minimum Gasteiger partial charge on any atom is -0.497 e. The number of carbonyl (C=O) groups is 1. The minimum atomic E-state index is -0.280. The van der Waals surface area contributed by atoms with E-state index in [-0.39, 0.29) is 6.03 Å². The van der Waals surface area contributed by atoms with Crippen molar-refractivity contribution in [2.24, 2.45) is 7.05 Å². The van der Waals surface area contributed by atoms with Gasteiger partial charge in [0.2, 0.25) is 0 Å². The lowest BCUT2D eigenvalue weighted by Gasteiger charge is -2.07. The first-order valence-corrected chi connectivity index (χ1v) is 7.87. The summed E-state index contributed by atoms with van der Waals surface area (Å²) in [7, 11) is 3.62. The first kappa shape index (κ1) is 16.2. The third-order valence-electron chi connectivity index (χ3n) is 3.80. The van der Waals surface area contributed by atoms with Gasteiger partial charge in [-0.3, -0.25) is 0 Å². The number of hydrogen-bond donors (Lipinski definition) is 2. The first-order chi connectivity index (χ1) is 11.6. The van der Waals surface area contributed by atoms with Gasteiger partial charge in [-0.05, 0) is 42.0 Å². The van der Waals surface area contributed by atoms with Crippen molar-refractivity contribution in [3.8, 4) is 5.75 Å². The predicted octanol–water partition coefficient (Wildman–Crippen LogP) is 4.16. The van der Waals surface area contributed by atoms with Crippen LogP contribution in [0.3, 0.4) is 0 Å². The molecule has 0 aliphatic heterocycles. The molecule has 0 unspecified atom stereocenters. The summed E-state index contributed by atoms with van der Waals surface area (Å²) in [4.78, 5) is 12.1. The summed E-state index contributed by atoms with van der Waals surface area (Å²) in [6.07, 6.45) is 2.00. The standard InChI is InChI=1S/C18H18ClN3O2/c1-22-11-12(16-9-15(24-2)6-7-17(16)22)10-20-18(23)21-14-5-3-4-13(19)8-14/h3-9,11H,10H2,1-2H3,(H2,20,21,23). The van der Waals surface area contributed by atoms with Crippen molar-refractivity contribution in [1.82, 2.24) is 9.88 Å². The molecule has 5 nitrogen and oxygen atoms in total. The molecule has 0 aliphatic carbocycles. The average molecular weight is 344 g/mol. The van der Waals surface area contributed by atoms with Crippen LogP contribution in [0.2, 0.25) is 5.02 Å². The molecule has 0 spiro atoms. The molecule has 3 aromatic rings. The van der Waals surface area contributed by atoms with Gasteiger partial charge in [0.05, 0.1) is 7.11 Å². The average Bonchev–Trinajstić information content (AvgIpc) is 2.88. The second kappa shape index (κ2) is 6.84. The van der Waals surface area contributed by atoms with Gasteiger partial charge >= 0.3 is 6.03 Å². The van der Waals surface area contributed by atoms with Crippen molar-refractivity contribution < 1.29 is 9.53 Å². The van der Waals surface area contributed by atoms with E-state index < -0.39 is 0 Å². The molecule has 2 amide bonds. The number of methoxy groups -OCH3 is 1. The maximum Gasteiger partial charge on any atom is 0.319 e. The molecule has 0 atom stereocenters. The second-order valence-electron chi connectivity index (χ2n) is 5.47. The highest BCUT2D eigenvalue weighted by atomic mass is 35.5. The van der Waals surface area contributed by atoms with Gasteiger partial charge in [0.25, 0.3) is 0 Å². The van der Waals surface area contributed by atoms with Gasteiger partial charge in [-0.1, -0.05) is 17.7 Å². The maximum absolute atomic E-state index is 12.1. The number of benzene rings is 2. The third kappa shape index (κ3) is 3.46. The third-order valence-corrected chi connectivity index (χ3v) is 4.04. The Balaban J connectivity index is 1.72. The fraction of sp³-hybridized carbons (Fsp3) is 0.167. The molecular weight excluding hydrogens is 326 g/mol. The van der Waals surface area contributed by atoms with Crippen LogP contribution in [0.5, 0.6) is 5.75 Å². The largest absolute Gasteiger partial charge is 0.497 e. The molecule has 6 heteroatoms. The second-order valence-corrected chi connectivity index (χ2v) is 5.90. The normalized spacial score (nSPS) is 10.6. The Labute approximate surface area is 145 Å². The van der Waals surface area contributed by atoms with Crippen LogP contribution in [0.25, 0.3) is 10.9 Å². The fourth-order valence-electron chi connectivity index (χ4n) is 2.64. The van der Waals surface area contributed by atoms with Gasteiger partial charge in [0.15, 0.2) is 0 Å². The van der Waals surface area contributed by atoms with Crippen molar-refractivity contribution in [2.45, 2.75) is 6.54 Å². The van der Waals surface area contributed by atoms with E-state index in [9.17, 15) is 4.79 Å². The van der Waals surface area contributed by atoms with Gasteiger partial charge in [0.1, 0.15) is 5.75 Å². The summed E-state index contributed by atoms with van der Waals surface area (Å²) in [5.74, 6) is 0.790. The Hall–Kier alpha value is -2.66. The summed E-state index contributed by atoms with van der Waals surface area (Å²) in [6, 6.07) is 12.6. The van der Waals surface area contributed by atoms with Crippen LogP contribution in [-0.2, 0) is 13.6 Å². The molecule has 0 saturated heterocycles. The van der Waals surface area contributed by atoms with Gasteiger partial charge in [0, 0.05) is 41.4 Å². The number of nitrogens with zero attached hydrogens (tertiary/aromatic N) is 1. The molecule has 3 rings (SSSR count). The van der Waals surface area contributed by atoms with Crippen LogP contribution in [-0.4, -0.2) is 17.7 Å². The fourth-order valence-corrected chi connectivity index (χ4v) is 2.83. The first-order valence-electron chi connectivity index (χ1n) is 7.49. The number of anilines is 1. The predicted molar refractivity (Wildman–Crippen MR) is 96.8 cm³/mol. The molecule has 2 aromatic carbocycles. The van der Waals surface area contributed by atoms with Crippen LogP contribution in [0.4, 0.5) is 10.5 Å². The van der Waals surface area contributed by atoms with E-state index in [1.165, 1.54) is 0 Å². The molecule has 124 valence electrons. The number of hydrogen-bond acceptors (Lipinski definition) is 2. The molecular formula is C18H18ClN3O2. The quantitative estimate of drug-likeness (QED) is 0.747. The van der Waals surface area contributed by atoms with E-state index in [1.807, 2.05) is 36.0 Å². The van der Waals surface area contributed by atoms with Gasteiger partial charge in [-0.2, -0.15) is 0 Å². The van der Waals surface area contributed by atoms with Crippen LogP contribution in [0.15, 0.2) is 48.7 Å². The summed E-state index contributed by atoms with van der Waals surface area (Å²) < 4.78 is 7.31. The number of ether oxygens (including phenoxy) is 1. The summed E-state index contributed by atoms with van der Waals surface area (Å²) in [6.45, 7) is 0.414. The van der Waals surface area contributed by atoms with Crippen LogP contribution < -0.4 is 15.4 Å². The monoisotopic (exact) mass is 343 g/mol. The molecule has 0 fully saturated rings. The smallest absolute Gasteiger partial charge is 0.319 e. The Kier molecular flexibility index (Phi) is 4.62. The zero-order chi connectivity index (χ0) is 17.1. The van der Waals surface area contributed by atoms with E-state index in [1.54, 1.807) is 31.4 Å². The number of nitrogens with one attached hydrogen (secondary N) is 2. The van der Waals surface area contributed by atoms with Crippen LogP contribution in [0.1, 0.15) is 5.56 Å². The molecule has 0 saturated carbocycles. The number of aryl methyl sites for hydroxylation is 1. The highest BCUT2D eigenvalue weighted by molar-refractivity contribution is 6.30. The number of amides is 2. The van der Waals surface area contributed by atoms with Crippen LogP contribution >= 0.6 is 11.6 Å². The topological polar surface area (TPSA) is 55.3 Å². The molecule has 1 heterocycles. The van der Waals surface area contributed by atoms with E-state index in [0.29, 0.717) is 17.3 Å². The van der Waals surface area contributed by atoms with Crippen molar-refractivity contribution in [3.05, 3.63) is 59.2 Å². The van der Waals surface area contributed by atoms with Crippen LogP contribution in [0, 0.1) is 0 Å². The highest BCUT2D eigenvalue weighted by Gasteiger charge is 2.09. The van der Waals surface area contributed by atoms with Crippen molar-refractivity contribution in [3.63, 3.8) is 0 Å². The van der Waals surface area contributed by atoms with Crippen molar-refractivity contribution in [1.29, 1.82) is 0 Å². The van der Waals surface area contributed by atoms with Crippen molar-refractivity contribution in [2.75, 3.05) is 12.4 Å². The Morgan fingerprint density at radius 1 is 1.25 bits per heavy atom. The summed E-state index contributed by atoms with van der Waals surface area (Å²) >= 11 is 5.91. The van der Waals surface area contributed by atoms with Gasteiger partial charge in [-0.25, -0.2) is 4.79 Å². The van der Waals surface area contributed by atoms with Gasteiger partial charge < -0.3 is 19.9 Å². The molecule has 24 heavy (non-hydrogen) atoms. The Morgan fingerprint density at radius 2 is 2.08 bits per heavy atom. The van der Waals surface area contributed by atoms with Crippen molar-refractivity contribution >= 4 is 34.2 Å². The number of urea groups is 1. The van der Waals surface area contributed by atoms with E-state index in [4.69, 9.17) is 16.3 Å². The number of rotatable bonds is 4. The molecule has 2 N–H and O–H groups in total. The Bertz CT molecular complexity index is 889. The maximum atomic E-state index is 12.1. The molecule has 1 aromatic heterocycles. The lowest BCUT2D eigenvalue weighted by Crippen LogP contribution is -2.28. The summed E-state index contributed by atoms with van der Waals surface area (Å²) in [5, 5.41) is 7.26. The number of halogens is 1. The SMILES string of the molecule is COc1ccc2c(c1)c(CNC(=O)Nc1cccc(Cl)c1)cn2C. The Morgan fingerprint density at radius 3 is 2.83 bits per heavy atom. The minimum absolute atomic E-state index is 0.280. The molecule has 0 bridgehead atoms. The number of carbonyl (C=O) groups excluding carboxylic acids is 1. The number of fused-ring (bicyclic) bond motifs is 1. The summed E-state index contributed by atoms with van der Waals surface area (Å²) in [5.41, 5.74) is 2.76. The highest BCUT2D eigenvalue weighted by Crippen LogP contribution is 2.25. The number of aromatic nitrogens is 1. The lowest BCUT2D eigenvalue weighted by molar-refractivity contribution is 0.252. The lowest BCUT2D eigenvalue weighted by atomic mass is 10.1. The van der Waals surface area contributed by atoms with Gasteiger partial charge in [-0.15, -0.1) is 0 Å². The van der Waals surface area contributed by atoms with E-state index in [2.05, 4.69) is 10.6 Å². The molecule has 0 aliphatic rings. The zero-order valence-corrected chi connectivity index (χ0v) is 14.2. The van der Waals surface area contributed by atoms with E-state index >= 15 is 0 Å². The molecule has 0 radical (unpaired) electrons. The zero-order valence-electron chi connectivity index (χ0n) is 13.5. The van der Waals surface area contributed by atoms with E-state index in [0.717, 1.165) is 22.2 Å².